The molecule has 1 amide bonds. The van der Waals surface area contributed by atoms with Crippen LogP contribution in [0.15, 0.2) is 78.9 Å². The van der Waals surface area contributed by atoms with Gasteiger partial charge in [-0.2, -0.15) is 0 Å². The lowest BCUT2D eigenvalue weighted by Gasteiger charge is -2.15. The summed E-state index contributed by atoms with van der Waals surface area (Å²) >= 11 is 8.43. The highest BCUT2D eigenvalue weighted by molar-refractivity contribution is 14.1. The summed E-state index contributed by atoms with van der Waals surface area (Å²) in [5.41, 5.74) is 2.43. The Labute approximate surface area is 215 Å². The van der Waals surface area contributed by atoms with Crippen molar-refractivity contribution in [2.24, 2.45) is 0 Å². The number of halogens is 2. The van der Waals surface area contributed by atoms with Crippen molar-refractivity contribution in [1.29, 1.82) is 0 Å². The summed E-state index contributed by atoms with van der Waals surface area (Å²) in [5, 5.41) is 11.6. The van der Waals surface area contributed by atoms with E-state index in [1.807, 2.05) is 48.5 Å². The highest BCUT2D eigenvalue weighted by Crippen LogP contribution is 2.25. The largest absolute Gasteiger partial charge is 0.445 e. The van der Waals surface area contributed by atoms with Crippen molar-refractivity contribution in [2.75, 3.05) is 0 Å². The van der Waals surface area contributed by atoms with Gasteiger partial charge in [-0.1, -0.05) is 94.9 Å². The van der Waals surface area contributed by atoms with Crippen molar-refractivity contribution < 1.29 is 14.3 Å². The number of ether oxygens (including phenoxy) is 1. The second-order valence-electron chi connectivity index (χ2n) is 7.27. The summed E-state index contributed by atoms with van der Waals surface area (Å²) in [7, 11) is 0. The van der Waals surface area contributed by atoms with Gasteiger partial charge in [0, 0.05) is 16.1 Å². The maximum Gasteiger partial charge on any atom is 0.407 e. The monoisotopic (exact) mass is 586 g/mol. The predicted molar refractivity (Wildman–Crippen MR) is 137 cm³/mol. The van der Waals surface area contributed by atoms with Crippen LogP contribution in [0.1, 0.15) is 33.1 Å². The zero-order valence-electron chi connectivity index (χ0n) is 17.9. The quantitative estimate of drug-likeness (QED) is 0.167. The molecule has 7 nitrogen and oxygen atoms in total. The minimum absolute atomic E-state index is 0.0683. The van der Waals surface area contributed by atoms with E-state index in [1.54, 1.807) is 34.9 Å². The standard InChI is InChI=1S/C25H20ClIN4O3/c26-19-11-12-21(20(13-19)24(32)18-9-5-2-6-10-18)31-22(14-27)29-30-23(31)15-28-25(33)34-16-17-7-3-1-4-8-17/h1-13H,14-16H2,(H,28,33). The molecule has 0 spiro atoms. The summed E-state index contributed by atoms with van der Waals surface area (Å²) in [6, 6.07) is 23.5. The Kier molecular flexibility index (Phi) is 7.91. The third kappa shape index (κ3) is 5.63. The van der Waals surface area contributed by atoms with E-state index < -0.39 is 6.09 Å². The number of alkyl carbamates (subject to hydrolysis) is 1. The number of nitrogens with one attached hydrogen (secondary N) is 1. The van der Waals surface area contributed by atoms with Gasteiger partial charge in [-0.3, -0.25) is 9.36 Å². The molecule has 1 aromatic heterocycles. The van der Waals surface area contributed by atoms with E-state index in [1.165, 1.54) is 0 Å². The van der Waals surface area contributed by atoms with Gasteiger partial charge in [-0.05, 0) is 23.8 Å². The molecule has 1 N–H and O–H groups in total. The van der Waals surface area contributed by atoms with E-state index in [4.69, 9.17) is 16.3 Å². The molecular formula is C25H20ClIN4O3. The molecule has 0 aliphatic heterocycles. The van der Waals surface area contributed by atoms with Gasteiger partial charge in [0.25, 0.3) is 0 Å². The lowest BCUT2D eigenvalue weighted by Crippen LogP contribution is -2.25. The number of rotatable bonds is 8. The average molecular weight is 587 g/mol. The lowest BCUT2D eigenvalue weighted by atomic mass is 10.0. The van der Waals surface area contributed by atoms with Crippen LogP contribution < -0.4 is 5.32 Å². The first kappa shape index (κ1) is 23.9. The molecule has 4 aromatic rings. The average Bonchev–Trinajstić information content (AvgIpc) is 3.29. The SMILES string of the molecule is O=C(NCc1nnc(CI)n1-c1ccc(Cl)cc1C(=O)c1ccccc1)OCc1ccccc1. The van der Waals surface area contributed by atoms with Gasteiger partial charge in [0.05, 0.1) is 16.7 Å². The van der Waals surface area contributed by atoms with Gasteiger partial charge in [-0.25, -0.2) is 4.79 Å². The van der Waals surface area contributed by atoms with Crippen molar-refractivity contribution in [1.82, 2.24) is 20.1 Å². The molecule has 34 heavy (non-hydrogen) atoms. The Morgan fingerprint density at radius 1 is 0.941 bits per heavy atom. The van der Waals surface area contributed by atoms with Crippen LogP contribution in [0.5, 0.6) is 0 Å². The fourth-order valence-electron chi connectivity index (χ4n) is 3.39. The second-order valence-corrected chi connectivity index (χ2v) is 8.47. The summed E-state index contributed by atoms with van der Waals surface area (Å²) in [4.78, 5) is 25.6. The molecule has 172 valence electrons. The third-order valence-electron chi connectivity index (χ3n) is 5.00. The molecule has 0 saturated heterocycles. The number of hydrogen-bond donors (Lipinski definition) is 1. The van der Waals surface area contributed by atoms with Gasteiger partial charge in [-0.15, -0.1) is 10.2 Å². The highest BCUT2D eigenvalue weighted by atomic mass is 127. The Balaban J connectivity index is 1.59. The second kappa shape index (κ2) is 11.3. The van der Waals surface area contributed by atoms with E-state index in [-0.39, 0.29) is 18.9 Å². The first-order chi connectivity index (χ1) is 16.6. The van der Waals surface area contributed by atoms with Crippen LogP contribution in [-0.2, 0) is 22.3 Å². The molecule has 0 saturated carbocycles. The van der Waals surface area contributed by atoms with Gasteiger partial charge in [0.15, 0.2) is 11.6 Å². The Morgan fingerprint density at radius 2 is 1.62 bits per heavy atom. The molecular weight excluding hydrogens is 567 g/mol. The van der Waals surface area contributed by atoms with E-state index in [0.717, 1.165) is 5.56 Å². The zero-order valence-corrected chi connectivity index (χ0v) is 20.9. The van der Waals surface area contributed by atoms with Crippen LogP contribution >= 0.6 is 34.2 Å². The number of nitrogens with zero attached hydrogens (tertiary/aromatic N) is 3. The number of hydrogen-bond acceptors (Lipinski definition) is 5. The molecule has 0 atom stereocenters. The Morgan fingerprint density at radius 3 is 2.32 bits per heavy atom. The van der Waals surface area contributed by atoms with Crippen molar-refractivity contribution in [3.63, 3.8) is 0 Å². The van der Waals surface area contributed by atoms with Gasteiger partial charge >= 0.3 is 6.09 Å². The Bertz CT molecular complexity index is 1300. The normalized spacial score (nSPS) is 10.6. The van der Waals surface area contributed by atoms with Crippen molar-refractivity contribution >= 4 is 46.1 Å². The molecule has 4 rings (SSSR count). The van der Waals surface area contributed by atoms with Crippen LogP contribution in [0.25, 0.3) is 5.69 Å². The number of benzene rings is 3. The highest BCUT2D eigenvalue weighted by Gasteiger charge is 2.21. The number of amides is 1. The summed E-state index contributed by atoms with van der Waals surface area (Å²) in [6.07, 6.45) is -0.578. The van der Waals surface area contributed by atoms with Gasteiger partial charge in [0.2, 0.25) is 0 Å². The smallest absolute Gasteiger partial charge is 0.407 e. The Hall–Kier alpha value is -3.24. The number of ketones is 1. The number of alkyl halides is 1. The topological polar surface area (TPSA) is 86.1 Å². The van der Waals surface area contributed by atoms with Crippen molar-refractivity contribution in [3.05, 3.63) is 112 Å². The molecule has 0 radical (unpaired) electrons. The molecule has 0 fully saturated rings. The number of aromatic nitrogens is 3. The molecule has 1 heterocycles. The maximum atomic E-state index is 13.3. The summed E-state index contributed by atoms with van der Waals surface area (Å²) in [5.74, 6) is 0.930. The van der Waals surface area contributed by atoms with Crippen LogP contribution in [-0.4, -0.2) is 26.6 Å². The lowest BCUT2D eigenvalue weighted by molar-refractivity contribution is 0.103. The van der Waals surface area contributed by atoms with Crippen LogP contribution in [0.4, 0.5) is 4.79 Å². The molecule has 0 aliphatic carbocycles. The van der Waals surface area contributed by atoms with E-state index in [0.29, 0.717) is 37.9 Å². The van der Waals surface area contributed by atoms with E-state index >= 15 is 0 Å². The molecule has 9 heteroatoms. The number of carbonyl (C=O) groups is 2. The maximum absolute atomic E-state index is 13.3. The van der Waals surface area contributed by atoms with Crippen molar-refractivity contribution in [2.45, 2.75) is 17.6 Å². The van der Waals surface area contributed by atoms with Crippen LogP contribution in [0, 0.1) is 0 Å². The summed E-state index contributed by atoms with van der Waals surface area (Å²) in [6.45, 7) is 0.226. The fourth-order valence-corrected chi connectivity index (χ4v) is 4.05. The van der Waals surface area contributed by atoms with E-state index in [9.17, 15) is 9.59 Å². The first-order valence-electron chi connectivity index (χ1n) is 10.4. The molecule has 3 aromatic carbocycles. The predicted octanol–water partition coefficient (Wildman–Crippen LogP) is 5.51. The number of carbonyl (C=O) groups excluding carboxylic acids is 2. The minimum Gasteiger partial charge on any atom is -0.445 e. The van der Waals surface area contributed by atoms with Gasteiger partial charge < -0.3 is 10.1 Å². The van der Waals surface area contributed by atoms with Crippen LogP contribution in [0.2, 0.25) is 5.02 Å². The van der Waals surface area contributed by atoms with Crippen molar-refractivity contribution in [3.8, 4) is 5.69 Å². The molecule has 0 bridgehead atoms. The third-order valence-corrected chi connectivity index (χ3v) is 5.92. The minimum atomic E-state index is -0.578. The fraction of sp³-hybridized carbons (Fsp3) is 0.120. The van der Waals surface area contributed by atoms with Gasteiger partial charge in [0.1, 0.15) is 12.4 Å². The van der Waals surface area contributed by atoms with Crippen LogP contribution in [0.3, 0.4) is 0 Å². The molecule has 0 aliphatic rings. The molecule has 0 unspecified atom stereocenters. The zero-order chi connectivity index (χ0) is 23.9. The summed E-state index contributed by atoms with van der Waals surface area (Å²) < 4.78 is 7.60. The van der Waals surface area contributed by atoms with E-state index in [2.05, 4.69) is 38.1 Å². The first-order valence-corrected chi connectivity index (χ1v) is 12.3.